The summed E-state index contributed by atoms with van der Waals surface area (Å²) in [5.41, 5.74) is 3.34. The molecular weight excluding hydrogens is 469 g/mol. The molecule has 2 atom stereocenters. The van der Waals surface area contributed by atoms with Crippen LogP contribution in [-0.2, 0) is 19.3 Å². The number of carbonyl (C=O) groups is 2. The van der Waals surface area contributed by atoms with Crippen molar-refractivity contribution >= 4 is 52.3 Å². The second kappa shape index (κ2) is 6.50. The first-order valence-electron chi connectivity index (χ1n) is 10.1. The lowest BCUT2D eigenvalue weighted by Crippen LogP contribution is -2.57. The van der Waals surface area contributed by atoms with Gasteiger partial charge >= 0.3 is 0 Å². The number of ether oxygens (including phenoxy) is 1. The molecule has 0 aromatic heterocycles. The van der Waals surface area contributed by atoms with Gasteiger partial charge in [0.2, 0.25) is 11.8 Å². The fourth-order valence-electron chi connectivity index (χ4n) is 5.74. The van der Waals surface area contributed by atoms with Gasteiger partial charge in [-0.05, 0) is 40.5 Å². The number of rotatable bonds is 2. The zero-order valence-electron chi connectivity index (χ0n) is 16.8. The fourth-order valence-corrected chi connectivity index (χ4v) is 7.01. The van der Waals surface area contributed by atoms with Crippen LogP contribution in [0, 0.1) is 11.8 Å². The number of amides is 2. The maximum Gasteiger partial charge on any atom is 0.240 e. The Hall–Kier alpha value is -2.53. The van der Waals surface area contributed by atoms with Crippen LogP contribution in [0.25, 0.3) is 0 Å². The van der Waals surface area contributed by atoms with Crippen molar-refractivity contribution in [2.45, 2.75) is 9.75 Å². The standard InChI is InChI=1S/C25H16Cl3NO3/c1-32-19-11-10-13(26)12-18(19)29-22(30)20-21(23(29)31)25(28)15-7-3-2-6-14(15)24(20,27)16-8-4-5-9-17(16)25/h2-12,20-21H,1H3/t20-,21-,24?,25?/m1/s1. The molecule has 0 saturated carbocycles. The molecular formula is C25H16Cl3NO3. The maximum atomic E-state index is 14.0. The summed E-state index contributed by atoms with van der Waals surface area (Å²) in [6.45, 7) is 0. The molecule has 4 aliphatic rings. The SMILES string of the molecule is COc1ccc(Cl)cc1N1C(=O)[C@H]2[C@H](C1=O)C1(Cl)c3ccccc3C2(Cl)c2ccccc21. The number of anilines is 1. The lowest BCUT2D eigenvalue weighted by molar-refractivity contribution is -0.122. The monoisotopic (exact) mass is 483 g/mol. The minimum atomic E-state index is -1.22. The molecule has 0 spiro atoms. The number of imide groups is 1. The lowest BCUT2D eigenvalue weighted by Gasteiger charge is -2.54. The first kappa shape index (κ1) is 20.1. The summed E-state index contributed by atoms with van der Waals surface area (Å²) < 4.78 is 5.44. The van der Waals surface area contributed by atoms with E-state index in [9.17, 15) is 9.59 Å². The zero-order valence-corrected chi connectivity index (χ0v) is 19.1. The van der Waals surface area contributed by atoms with Crippen molar-refractivity contribution in [3.8, 4) is 5.75 Å². The number of hydrogen-bond acceptors (Lipinski definition) is 3. The van der Waals surface area contributed by atoms with E-state index < -0.39 is 33.4 Å². The van der Waals surface area contributed by atoms with Crippen molar-refractivity contribution in [3.05, 3.63) is 94.0 Å². The Morgan fingerprint density at radius 1 is 0.781 bits per heavy atom. The minimum Gasteiger partial charge on any atom is -0.495 e. The highest BCUT2D eigenvalue weighted by Crippen LogP contribution is 2.69. The third-order valence-corrected chi connectivity index (χ3v) is 8.49. The van der Waals surface area contributed by atoms with Crippen LogP contribution >= 0.6 is 34.8 Å². The minimum absolute atomic E-state index is 0.289. The Morgan fingerprint density at radius 2 is 1.22 bits per heavy atom. The number of alkyl halides is 2. The van der Waals surface area contributed by atoms with Crippen molar-refractivity contribution in [1.82, 2.24) is 0 Å². The van der Waals surface area contributed by atoms with Gasteiger partial charge in [0.1, 0.15) is 15.5 Å². The Balaban J connectivity index is 1.66. The first-order valence-corrected chi connectivity index (χ1v) is 11.3. The van der Waals surface area contributed by atoms with E-state index in [-0.39, 0.29) is 5.69 Å². The van der Waals surface area contributed by atoms with Crippen LogP contribution in [0.1, 0.15) is 22.3 Å². The van der Waals surface area contributed by atoms with Crippen LogP contribution in [-0.4, -0.2) is 18.9 Å². The average Bonchev–Trinajstić information content (AvgIpc) is 3.08. The molecule has 160 valence electrons. The maximum absolute atomic E-state index is 14.0. The molecule has 7 rings (SSSR count). The van der Waals surface area contributed by atoms with E-state index in [0.29, 0.717) is 10.8 Å². The van der Waals surface area contributed by atoms with E-state index in [4.69, 9.17) is 39.5 Å². The van der Waals surface area contributed by atoms with E-state index in [1.54, 1.807) is 18.2 Å². The van der Waals surface area contributed by atoms with Gasteiger partial charge in [-0.25, -0.2) is 4.90 Å². The Labute approximate surface area is 199 Å². The fraction of sp³-hybridized carbons (Fsp3) is 0.200. The second-order valence-corrected chi connectivity index (χ2v) is 9.93. The highest BCUT2D eigenvalue weighted by Gasteiger charge is 2.73. The van der Waals surface area contributed by atoms with Crippen molar-refractivity contribution in [2.24, 2.45) is 11.8 Å². The second-order valence-electron chi connectivity index (χ2n) is 8.30. The molecule has 2 amide bonds. The molecule has 0 radical (unpaired) electrons. The third-order valence-electron chi connectivity index (χ3n) is 6.97. The van der Waals surface area contributed by atoms with Gasteiger partial charge in [-0.1, -0.05) is 60.1 Å². The number of hydrogen-bond donors (Lipinski definition) is 0. The molecule has 1 heterocycles. The Bertz CT molecular complexity index is 1220. The van der Waals surface area contributed by atoms with E-state index >= 15 is 0 Å². The van der Waals surface area contributed by atoms with E-state index in [1.807, 2.05) is 48.5 Å². The normalized spacial score (nSPS) is 29.6. The summed E-state index contributed by atoms with van der Waals surface area (Å²) >= 11 is 21.1. The summed E-state index contributed by atoms with van der Waals surface area (Å²) in [6, 6.07) is 19.9. The molecule has 1 aliphatic heterocycles. The average molecular weight is 485 g/mol. The number of carbonyl (C=O) groups excluding carboxylic acids is 2. The smallest absolute Gasteiger partial charge is 0.240 e. The van der Waals surface area contributed by atoms with Crippen molar-refractivity contribution in [3.63, 3.8) is 0 Å². The van der Waals surface area contributed by atoms with Crippen LogP contribution in [0.5, 0.6) is 5.75 Å². The number of nitrogens with zero attached hydrogens (tertiary/aromatic N) is 1. The van der Waals surface area contributed by atoms with E-state index in [0.717, 1.165) is 27.2 Å². The van der Waals surface area contributed by atoms with Crippen LogP contribution in [0.15, 0.2) is 66.7 Å². The van der Waals surface area contributed by atoms with Gasteiger partial charge in [-0.15, -0.1) is 23.2 Å². The summed E-state index contributed by atoms with van der Waals surface area (Å²) in [5, 5.41) is 0.381. The third kappa shape index (κ3) is 2.16. The number of benzene rings is 3. The van der Waals surface area contributed by atoms with Gasteiger partial charge in [-0.3, -0.25) is 9.59 Å². The summed E-state index contributed by atoms with van der Waals surface area (Å²) in [5.74, 6) is -2.20. The van der Waals surface area contributed by atoms with Gasteiger partial charge in [0.15, 0.2) is 0 Å². The summed E-state index contributed by atoms with van der Waals surface area (Å²) in [4.78, 5) is 26.6. The molecule has 1 fully saturated rings. The Morgan fingerprint density at radius 3 is 1.62 bits per heavy atom. The van der Waals surface area contributed by atoms with Gasteiger partial charge in [-0.2, -0.15) is 0 Å². The molecule has 4 nitrogen and oxygen atoms in total. The number of halogens is 3. The number of methoxy groups -OCH3 is 1. The van der Waals surface area contributed by atoms with Crippen LogP contribution in [0.4, 0.5) is 5.69 Å². The predicted octanol–water partition coefficient (Wildman–Crippen LogP) is 5.45. The van der Waals surface area contributed by atoms with Crippen molar-refractivity contribution in [1.29, 1.82) is 0 Å². The topological polar surface area (TPSA) is 46.6 Å². The highest BCUT2D eigenvalue weighted by molar-refractivity contribution is 6.39. The zero-order chi connectivity index (χ0) is 22.4. The summed E-state index contributed by atoms with van der Waals surface area (Å²) in [6.07, 6.45) is 0. The molecule has 32 heavy (non-hydrogen) atoms. The van der Waals surface area contributed by atoms with Gasteiger partial charge in [0.25, 0.3) is 0 Å². The van der Waals surface area contributed by atoms with Gasteiger partial charge < -0.3 is 4.74 Å². The van der Waals surface area contributed by atoms with Crippen molar-refractivity contribution < 1.29 is 14.3 Å². The molecule has 3 aromatic carbocycles. The first-order chi connectivity index (χ1) is 15.3. The molecule has 7 heteroatoms. The quantitative estimate of drug-likeness (QED) is 0.359. The van der Waals surface area contributed by atoms with E-state index in [1.165, 1.54) is 7.11 Å². The predicted molar refractivity (Wildman–Crippen MR) is 124 cm³/mol. The highest BCUT2D eigenvalue weighted by atomic mass is 35.5. The van der Waals surface area contributed by atoms with Crippen LogP contribution < -0.4 is 9.64 Å². The van der Waals surface area contributed by atoms with Crippen LogP contribution in [0.2, 0.25) is 5.02 Å². The molecule has 3 aliphatic carbocycles. The largest absolute Gasteiger partial charge is 0.495 e. The van der Waals surface area contributed by atoms with Crippen molar-refractivity contribution in [2.75, 3.05) is 12.0 Å². The molecule has 2 bridgehead atoms. The van der Waals surface area contributed by atoms with Gasteiger partial charge in [0, 0.05) is 5.02 Å². The molecule has 0 N–H and O–H groups in total. The van der Waals surface area contributed by atoms with E-state index in [2.05, 4.69) is 0 Å². The molecule has 0 unspecified atom stereocenters. The summed E-state index contributed by atoms with van der Waals surface area (Å²) in [7, 11) is 1.48. The molecule has 1 saturated heterocycles. The van der Waals surface area contributed by atoms with Crippen LogP contribution in [0.3, 0.4) is 0 Å². The Kier molecular flexibility index (Phi) is 4.09. The lowest BCUT2D eigenvalue weighted by atomic mass is 9.54. The van der Waals surface area contributed by atoms with Gasteiger partial charge in [0.05, 0.1) is 24.6 Å². The molecule has 3 aromatic rings.